The van der Waals surface area contributed by atoms with E-state index in [1.54, 1.807) is 6.92 Å². The minimum Gasteiger partial charge on any atom is -0.478 e. The maximum Gasteiger partial charge on any atom is 0.328 e. The number of aliphatic carboxylic acids is 1. The highest BCUT2D eigenvalue weighted by molar-refractivity contribution is 5.81. The largest absolute Gasteiger partial charge is 0.478 e. The average molecular weight is 236 g/mol. The Morgan fingerprint density at radius 1 is 1.29 bits per heavy atom. The monoisotopic (exact) mass is 236 g/mol. The van der Waals surface area contributed by atoms with Crippen molar-refractivity contribution in [3.8, 4) is 0 Å². The summed E-state index contributed by atoms with van der Waals surface area (Å²) in [6, 6.07) is 0. The summed E-state index contributed by atoms with van der Waals surface area (Å²) in [7, 11) is 0. The van der Waals surface area contributed by atoms with Gasteiger partial charge in [0.1, 0.15) is 0 Å². The van der Waals surface area contributed by atoms with Gasteiger partial charge in [-0.25, -0.2) is 4.79 Å². The van der Waals surface area contributed by atoms with Crippen LogP contribution in [0.2, 0.25) is 0 Å². The molecule has 0 aromatic heterocycles. The molecular weight excluding hydrogens is 212 g/mol. The van der Waals surface area contributed by atoms with Gasteiger partial charge in [-0.2, -0.15) is 0 Å². The smallest absolute Gasteiger partial charge is 0.328 e. The van der Waals surface area contributed by atoms with Gasteiger partial charge in [0.05, 0.1) is 0 Å². The molecule has 0 aromatic carbocycles. The van der Waals surface area contributed by atoms with E-state index in [1.807, 2.05) is 6.08 Å². The van der Waals surface area contributed by atoms with E-state index in [0.717, 1.165) is 18.4 Å². The molecule has 0 bridgehead atoms. The average Bonchev–Trinajstić information content (AvgIpc) is 2.15. The molecule has 0 spiro atoms. The molecule has 0 amide bonds. The lowest BCUT2D eigenvalue weighted by Crippen LogP contribution is -1.92. The predicted octanol–water partition coefficient (Wildman–Crippen LogP) is 4.35. The minimum atomic E-state index is -0.885. The van der Waals surface area contributed by atoms with Gasteiger partial charge in [0.2, 0.25) is 0 Å². The van der Waals surface area contributed by atoms with Crippen molar-refractivity contribution in [1.82, 2.24) is 0 Å². The Hall–Kier alpha value is -1.31. The van der Waals surface area contributed by atoms with Gasteiger partial charge >= 0.3 is 5.97 Å². The van der Waals surface area contributed by atoms with Crippen molar-refractivity contribution in [1.29, 1.82) is 0 Å². The fourth-order valence-corrected chi connectivity index (χ4v) is 1.50. The highest BCUT2D eigenvalue weighted by atomic mass is 16.4. The highest BCUT2D eigenvalue weighted by Gasteiger charge is 1.98. The van der Waals surface area contributed by atoms with Crippen LogP contribution in [-0.2, 0) is 4.79 Å². The molecule has 0 saturated heterocycles. The molecule has 0 aliphatic carbocycles. The van der Waals surface area contributed by atoms with Gasteiger partial charge in [0.15, 0.2) is 0 Å². The third-order valence-electron chi connectivity index (χ3n) is 2.48. The predicted molar refractivity (Wildman–Crippen MR) is 73.0 cm³/mol. The topological polar surface area (TPSA) is 37.3 Å². The Labute approximate surface area is 105 Å². The van der Waals surface area contributed by atoms with Crippen LogP contribution < -0.4 is 0 Å². The SMILES string of the molecule is CC(C)=CCCC(C)C/C=C/C(C)=C/C(=O)O. The molecule has 1 atom stereocenters. The number of allylic oxidation sites excluding steroid dienone is 5. The summed E-state index contributed by atoms with van der Waals surface area (Å²) in [5.74, 6) is -0.247. The fraction of sp³-hybridized carbons (Fsp3) is 0.533. The van der Waals surface area contributed by atoms with Gasteiger partial charge in [-0.15, -0.1) is 0 Å². The van der Waals surface area contributed by atoms with Crippen molar-refractivity contribution in [2.75, 3.05) is 0 Å². The molecule has 1 N–H and O–H groups in total. The summed E-state index contributed by atoms with van der Waals surface area (Å²) in [5.41, 5.74) is 2.15. The van der Waals surface area contributed by atoms with Gasteiger partial charge in [-0.1, -0.05) is 30.7 Å². The summed E-state index contributed by atoms with van der Waals surface area (Å²) < 4.78 is 0. The highest BCUT2D eigenvalue weighted by Crippen LogP contribution is 2.13. The van der Waals surface area contributed by atoms with Crippen molar-refractivity contribution in [3.05, 3.63) is 35.5 Å². The van der Waals surface area contributed by atoms with Gasteiger partial charge in [0, 0.05) is 6.08 Å². The Kier molecular flexibility index (Phi) is 8.12. The lowest BCUT2D eigenvalue weighted by atomic mass is 10.0. The van der Waals surface area contributed by atoms with Crippen molar-refractivity contribution in [3.63, 3.8) is 0 Å². The van der Waals surface area contributed by atoms with E-state index in [-0.39, 0.29) is 0 Å². The summed E-state index contributed by atoms with van der Waals surface area (Å²) in [4.78, 5) is 10.4. The normalized spacial score (nSPS) is 13.8. The zero-order valence-corrected chi connectivity index (χ0v) is 11.4. The van der Waals surface area contributed by atoms with Crippen molar-refractivity contribution >= 4 is 5.97 Å². The molecule has 0 aliphatic heterocycles. The van der Waals surface area contributed by atoms with Crippen LogP contribution in [0.4, 0.5) is 0 Å². The first kappa shape index (κ1) is 15.7. The van der Waals surface area contributed by atoms with E-state index in [2.05, 4.69) is 32.9 Å². The first-order valence-electron chi connectivity index (χ1n) is 6.13. The number of hydrogen-bond donors (Lipinski definition) is 1. The first-order chi connectivity index (χ1) is 7.91. The van der Waals surface area contributed by atoms with Crippen LogP contribution in [0.15, 0.2) is 35.5 Å². The van der Waals surface area contributed by atoms with Crippen molar-refractivity contribution in [2.24, 2.45) is 5.92 Å². The molecule has 1 unspecified atom stereocenters. The van der Waals surface area contributed by atoms with Crippen LogP contribution in [0.5, 0.6) is 0 Å². The molecule has 0 rings (SSSR count). The van der Waals surface area contributed by atoms with Crippen LogP contribution >= 0.6 is 0 Å². The number of carboxylic acids is 1. The first-order valence-corrected chi connectivity index (χ1v) is 6.13. The molecule has 0 aromatic rings. The van der Waals surface area contributed by atoms with Crippen LogP contribution in [0, 0.1) is 5.92 Å². The lowest BCUT2D eigenvalue weighted by Gasteiger charge is -2.06. The lowest BCUT2D eigenvalue weighted by molar-refractivity contribution is -0.131. The van der Waals surface area contributed by atoms with E-state index in [0.29, 0.717) is 5.92 Å². The molecule has 0 fully saturated rings. The van der Waals surface area contributed by atoms with Crippen LogP contribution in [0.3, 0.4) is 0 Å². The second kappa shape index (κ2) is 8.80. The van der Waals surface area contributed by atoms with Crippen LogP contribution in [0.25, 0.3) is 0 Å². The molecule has 96 valence electrons. The zero-order valence-electron chi connectivity index (χ0n) is 11.4. The van der Waals surface area contributed by atoms with Gasteiger partial charge in [-0.05, 0) is 51.5 Å². The fourth-order valence-electron chi connectivity index (χ4n) is 1.50. The molecule has 0 radical (unpaired) electrons. The van der Waals surface area contributed by atoms with Gasteiger partial charge in [0.25, 0.3) is 0 Å². The van der Waals surface area contributed by atoms with E-state index in [4.69, 9.17) is 5.11 Å². The Bertz CT molecular complexity index is 318. The summed E-state index contributed by atoms with van der Waals surface area (Å²) in [6.45, 7) is 8.26. The Morgan fingerprint density at radius 2 is 1.94 bits per heavy atom. The third-order valence-corrected chi connectivity index (χ3v) is 2.48. The number of carbonyl (C=O) groups is 1. The molecule has 0 heterocycles. The van der Waals surface area contributed by atoms with E-state index in [9.17, 15) is 4.79 Å². The van der Waals surface area contributed by atoms with Crippen molar-refractivity contribution < 1.29 is 9.90 Å². The minimum absolute atomic E-state index is 0.638. The second-order valence-electron chi connectivity index (χ2n) is 4.83. The molecule has 2 heteroatoms. The molecule has 17 heavy (non-hydrogen) atoms. The quantitative estimate of drug-likeness (QED) is 0.405. The van der Waals surface area contributed by atoms with E-state index in [1.165, 1.54) is 18.1 Å². The van der Waals surface area contributed by atoms with E-state index < -0.39 is 5.97 Å². The molecule has 0 aliphatic rings. The second-order valence-corrected chi connectivity index (χ2v) is 4.83. The van der Waals surface area contributed by atoms with Gasteiger partial charge < -0.3 is 5.11 Å². The molecule has 0 saturated carbocycles. The molecule has 2 nitrogen and oxygen atoms in total. The maximum absolute atomic E-state index is 10.4. The number of rotatable bonds is 7. The maximum atomic E-state index is 10.4. The van der Waals surface area contributed by atoms with Crippen molar-refractivity contribution in [2.45, 2.75) is 47.0 Å². The summed E-state index contributed by atoms with van der Waals surface area (Å²) in [6.07, 6.45) is 10.7. The Balaban J connectivity index is 3.91. The van der Waals surface area contributed by atoms with Gasteiger partial charge in [-0.3, -0.25) is 0 Å². The summed E-state index contributed by atoms with van der Waals surface area (Å²) in [5, 5.41) is 8.54. The standard InChI is InChI=1S/C15H24O2/c1-12(2)7-5-8-13(3)9-6-10-14(4)11-15(16)17/h6-7,10-11,13H,5,8-9H2,1-4H3,(H,16,17)/b10-6+,14-11+. The Morgan fingerprint density at radius 3 is 2.47 bits per heavy atom. The number of carboxylic acid groups (broad SMARTS) is 1. The molecular formula is C15H24O2. The number of hydrogen-bond acceptors (Lipinski definition) is 1. The third kappa shape index (κ3) is 11.0. The van der Waals surface area contributed by atoms with E-state index >= 15 is 0 Å². The summed E-state index contributed by atoms with van der Waals surface area (Å²) >= 11 is 0. The zero-order chi connectivity index (χ0) is 13.3. The van der Waals surface area contributed by atoms with Crippen LogP contribution in [-0.4, -0.2) is 11.1 Å². The van der Waals surface area contributed by atoms with Crippen LogP contribution in [0.1, 0.15) is 47.0 Å².